The lowest BCUT2D eigenvalue weighted by atomic mass is 9.84. The zero-order chi connectivity index (χ0) is 16.3. The van der Waals surface area contributed by atoms with Gasteiger partial charge in [-0.05, 0) is 49.5 Å². The molecule has 5 heterocycles. The van der Waals surface area contributed by atoms with Crippen LogP contribution in [0.5, 0.6) is 0 Å². The molecule has 0 saturated carbocycles. The highest BCUT2D eigenvalue weighted by Gasteiger charge is 2.38. The third-order valence-corrected chi connectivity index (χ3v) is 7.23. The Morgan fingerprint density at radius 2 is 2.33 bits per heavy atom. The van der Waals surface area contributed by atoms with Crippen LogP contribution in [0.25, 0.3) is 11.3 Å². The fraction of sp³-hybridized carbons (Fsp3) is 0.526. The Morgan fingerprint density at radius 1 is 1.42 bits per heavy atom. The number of thiophene rings is 1. The second-order valence-corrected chi connectivity index (χ2v) is 8.39. The van der Waals surface area contributed by atoms with Crippen molar-refractivity contribution in [3.05, 3.63) is 41.1 Å². The van der Waals surface area contributed by atoms with Crippen LogP contribution in [-0.4, -0.2) is 38.2 Å². The Bertz CT molecular complexity index is 739. The fourth-order valence-corrected chi connectivity index (χ4v) is 5.94. The van der Waals surface area contributed by atoms with Crippen LogP contribution in [0.15, 0.2) is 36.2 Å². The lowest BCUT2D eigenvalue weighted by Crippen LogP contribution is -2.41. The van der Waals surface area contributed by atoms with Crippen molar-refractivity contribution >= 4 is 11.3 Å². The molecule has 2 aromatic heterocycles. The van der Waals surface area contributed by atoms with Gasteiger partial charge in [0.25, 0.3) is 0 Å². The van der Waals surface area contributed by atoms with E-state index < -0.39 is 0 Å². The van der Waals surface area contributed by atoms with Crippen molar-refractivity contribution in [1.82, 2.24) is 14.5 Å². The predicted octanol–water partition coefficient (Wildman–Crippen LogP) is 3.65. The summed E-state index contributed by atoms with van der Waals surface area (Å²) in [4.78, 5) is 8.18. The summed E-state index contributed by atoms with van der Waals surface area (Å²) in [5.41, 5.74) is 3.80. The molecule has 3 aliphatic rings. The van der Waals surface area contributed by atoms with Gasteiger partial charge in [-0.3, -0.25) is 0 Å². The zero-order valence-corrected chi connectivity index (χ0v) is 14.6. The van der Waals surface area contributed by atoms with Crippen LogP contribution in [0.4, 0.5) is 0 Å². The lowest BCUT2D eigenvalue weighted by Gasteiger charge is -2.39. The minimum Gasteiger partial charge on any atom is -0.393 e. The second kappa shape index (κ2) is 5.46. The molecule has 4 nitrogen and oxygen atoms in total. The van der Waals surface area contributed by atoms with E-state index in [-0.39, 0.29) is 12.1 Å². The van der Waals surface area contributed by atoms with Crippen molar-refractivity contribution in [2.75, 3.05) is 6.54 Å². The molecular formula is C19H23N3OS. The monoisotopic (exact) mass is 341 g/mol. The Labute approximate surface area is 146 Å². The van der Waals surface area contributed by atoms with Crippen molar-refractivity contribution in [3.8, 4) is 11.3 Å². The van der Waals surface area contributed by atoms with Crippen molar-refractivity contribution in [2.45, 2.75) is 50.3 Å². The summed E-state index contributed by atoms with van der Waals surface area (Å²) in [5, 5.41) is 13.1. The quantitative estimate of drug-likeness (QED) is 0.926. The number of aliphatic hydroxyl groups is 1. The van der Waals surface area contributed by atoms with Crippen LogP contribution in [0.1, 0.15) is 43.0 Å². The Balaban J connectivity index is 1.33. The standard InChI is InChI=1S/C19H23N3OS/c1-12-2-3-14-8-13(4-6-21(12)14)18(23)9-16-19-15(5-7-24-19)17-10-20-11-22(16)17/h5,7,10-11,13-14,16,18,23H,1-4,6,8-9H2/t13-,14+,16+,18-/m1/s1. The van der Waals surface area contributed by atoms with Gasteiger partial charge in [-0.25, -0.2) is 4.98 Å². The molecule has 2 aromatic rings. The van der Waals surface area contributed by atoms with Gasteiger partial charge in [-0.15, -0.1) is 11.3 Å². The van der Waals surface area contributed by atoms with Crippen LogP contribution in [0.2, 0.25) is 0 Å². The number of aromatic nitrogens is 2. The first kappa shape index (κ1) is 14.7. The molecule has 0 aliphatic carbocycles. The van der Waals surface area contributed by atoms with Gasteiger partial charge in [0.2, 0.25) is 0 Å². The van der Waals surface area contributed by atoms with Crippen LogP contribution in [0, 0.1) is 5.92 Å². The van der Waals surface area contributed by atoms with E-state index in [0.29, 0.717) is 12.0 Å². The maximum atomic E-state index is 11.0. The molecular weight excluding hydrogens is 318 g/mol. The number of allylic oxidation sites excluding steroid dienone is 1. The number of rotatable bonds is 3. The Morgan fingerprint density at radius 3 is 3.25 bits per heavy atom. The molecule has 3 aliphatic heterocycles. The maximum absolute atomic E-state index is 11.0. The van der Waals surface area contributed by atoms with E-state index in [1.807, 2.05) is 12.5 Å². The highest BCUT2D eigenvalue weighted by Crippen LogP contribution is 2.46. The first-order valence-electron chi connectivity index (χ1n) is 8.94. The van der Waals surface area contributed by atoms with Crippen molar-refractivity contribution < 1.29 is 5.11 Å². The van der Waals surface area contributed by atoms with Crippen LogP contribution in [-0.2, 0) is 0 Å². The number of aliphatic hydroxyl groups excluding tert-OH is 1. The van der Waals surface area contributed by atoms with Gasteiger partial charge in [0.15, 0.2) is 0 Å². The van der Waals surface area contributed by atoms with E-state index in [4.69, 9.17) is 0 Å². The normalized spacial score (nSPS) is 29.5. The molecule has 0 spiro atoms. The van der Waals surface area contributed by atoms with E-state index in [0.717, 1.165) is 32.2 Å². The molecule has 0 amide bonds. The summed E-state index contributed by atoms with van der Waals surface area (Å²) < 4.78 is 2.25. The number of piperidine rings is 1. The molecule has 0 unspecified atom stereocenters. The minimum absolute atomic E-state index is 0.241. The zero-order valence-electron chi connectivity index (χ0n) is 13.8. The molecule has 1 N–H and O–H groups in total. The first-order chi connectivity index (χ1) is 11.7. The van der Waals surface area contributed by atoms with E-state index in [9.17, 15) is 5.11 Å². The van der Waals surface area contributed by atoms with Gasteiger partial charge in [0, 0.05) is 28.7 Å². The van der Waals surface area contributed by atoms with Crippen molar-refractivity contribution in [2.24, 2.45) is 5.92 Å². The number of hydrogen-bond donors (Lipinski definition) is 1. The molecule has 0 bridgehead atoms. The van der Waals surface area contributed by atoms with Gasteiger partial charge in [0.1, 0.15) is 0 Å². The van der Waals surface area contributed by atoms with Gasteiger partial charge >= 0.3 is 0 Å². The van der Waals surface area contributed by atoms with Crippen molar-refractivity contribution in [1.29, 1.82) is 0 Å². The highest BCUT2D eigenvalue weighted by atomic mass is 32.1. The van der Waals surface area contributed by atoms with Gasteiger partial charge in [0.05, 0.1) is 30.4 Å². The Kier molecular flexibility index (Phi) is 3.35. The summed E-state index contributed by atoms with van der Waals surface area (Å²) in [6.07, 6.45) is 8.96. The van der Waals surface area contributed by atoms with E-state index in [2.05, 4.69) is 32.5 Å². The number of imidazole rings is 1. The largest absolute Gasteiger partial charge is 0.393 e. The maximum Gasteiger partial charge on any atom is 0.0957 e. The number of nitrogens with zero attached hydrogens (tertiary/aromatic N) is 3. The Hall–Kier alpha value is -1.59. The molecule has 4 atom stereocenters. The first-order valence-corrected chi connectivity index (χ1v) is 9.82. The smallest absolute Gasteiger partial charge is 0.0957 e. The SMILES string of the molecule is C=C1CC[C@H]2C[C@H]([C@H](O)C[C@H]3c4sccc4-c4cncn43)CCN12. The summed E-state index contributed by atoms with van der Waals surface area (Å²) in [7, 11) is 0. The minimum atomic E-state index is -0.241. The second-order valence-electron chi connectivity index (χ2n) is 7.44. The molecule has 126 valence electrons. The molecule has 5 rings (SSSR count). The summed E-state index contributed by atoms with van der Waals surface area (Å²) in [5.74, 6) is 0.410. The van der Waals surface area contributed by atoms with E-state index >= 15 is 0 Å². The van der Waals surface area contributed by atoms with Gasteiger partial charge in [-0.2, -0.15) is 0 Å². The van der Waals surface area contributed by atoms with Crippen LogP contribution < -0.4 is 0 Å². The molecule has 5 heteroatoms. The molecule has 0 radical (unpaired) electrons. The molecule has 2 saturated heterocycles. The number of fused-ring (bicyclic) bond motifs is 4. The van der Waals surface area contributed by atoms with Gasteiger partial charge in [-0.1, -0.05) is 6.58 Å². The molecule has 2 fully saturated rings. The summed E-state index contributed by atoms with van der Waals surface area (Å²) >= 11 is 1.81. The summed E-state index contributed by atoms with van der Waals surface area (Å²) in [6, 6.07) is 3.04. The third kappa shape index (κ3) is 2.11. The number of hydrogen-bond acceptors (Lipinski definition) is 4. The van der Waals surface area contributed by atoms with E-state index in [1.165, 1.54) is 28.3 Å². The van der Waals surface area contributed by atoms with Crippen LogP contribution >= 0.6 is 11.3 Å². The van der Waals surface area contributed by atoms with Crippen LogP contribution in [0.3, 0.4) is 0 Å². The fourth-order valence-electron chi connectivity index (χ4n) is 4.92. The van der Waals surface area contributed by atoms with Crippen molar-refractivity contribution in [3.63, 3.8) is 0 Å². The van der Waals surface area contributed by atoms with E-state index in [1.54, 1.807) is 11.3 Å². The summed E-state index contributed by atoms with van der Waals surface area (Å²) in [6.45, 7) is 5.25. The average molecular weight is 341 g/mol. The average Bonchev–Trinajstić information content (AvgIpc) is 3.33. The molecule has 24 heavy (non-hydrogen) atoms. The third-order valence-electron chi connectivity index (χ3n) is 6.21. The van der Waals surface area contributed by atoms with Gasteiger partial charge < -0.3 is 14.6 Å². The predicted molar refractivity (Wildman–Crippen MR) is 95.9 cm³/mol. The lowest BCUT2D eigenvalue weighted by molar-refractivity contribution is 0.0404. The topological polar surface area (TPSA) is 41.3 Å². The highest BCUT2D eigenvalue weighted by molar-refractivity contribution is 7.10. The molecule has 0 aromatic carbocycles.